The summed E-state index contributed by atoms with van der Waals surface area (Å²) in [5, 5.41) is 3.34. The topological polar surface area (TPSA) is 67.3 Å². The average molecular weight is 299 g/mol. The van der Waals surface area contributed by atoms with E-state index in [1.54, 1.807) is 6.07 Å². The van der Waals surface area contributed by atoms with Gasteiger partial charge in [0.1, 0.15) is 17.6 Å². The van der Waals surface area contributed by atoms with Crippen molar-refractivity contribution in [2.24, 2.45) is 0 Å². The van der Waals surface area contributed by atoms with Crippen molar-refractivity contribution in [2.75, 3.05) is 31.6 Å². The van der Waals surface area contributed by atoms with Gasteiger partial charge >= 0.3 is 0 Å². The number of amides is 1. The van der Waals surface area contributed by atoms with Gasteiger partial charge in [-0.05, 0) is 19.8 Å². The van der Waals surface area contributed by atoms with Crippen molar-refractivity contribution in [2.45, 2.75) is 26.4 Å². The molecule has 0 spiro atoms. The molecule has 0 atom stereocenters. The zero-order valence-electron chi connectivity index (χ0n) is 11.6. The first kappa shape index (κ1) is 15.0. The third-order valence-corrected chi connectivity index (χ3v) is 3.25. The Balaban J connectivity index is 1.91. The zero-order valence-corrected chi connectivity index (χ0v) is 12.3. The molecule has 1 N–H and O–H groups in total. The second-order valence-electron chi connectivity index (χ2n) is 4.57. The maximum absolute atomic E-state index is 11.9. The minimum absolute atomic E-state index is 0.0867. The highest BCUT2D eigenvalue weighted by molar-refractivity contribution is 6.29. The van der Waals surface area contributed by atoms with Crippen molar-refractivity contribution in [3.8, 4) is 0 Å². The lowest BCUT2D eigenvalue weighted by atomic mass is 10.4. The van der Waals surface area contributed by atoms with E-state index in [-0.39, 0.29) is 12.5 Å². The van der Waals surface area contributed by atoms with E-state index in [0.29, 0.717) is 30.0 Å². The molecule has 0 saturated carbocycles. The van der Waals surface area contributed by atoms with E-state index in [4.69, 9.17) is 16.3 Å². The largest absolute Gasteiger partial charge is 0.374 e. The van der Waals surface area contributed by atoms with E-state index in [2.05, 4.69) is 15.3 Å². The SMILES string of the molecule is CCOCc1nc(Cl)cc(NCC(=O)N2CCCC2)n1. The van der Waals surface area contributed by atoms with Crippen molar-refractivity contribution in [1.82, 2.24) is 14.9 Å². The van der Waals surface area contributed by atoms with E-state index >= 15 is 0 Å². The molecule has 110 valence electrons. The standard InChI is InChI=1S/C13H19ClN4O2/c1-2-20-9-12-16-10(14)7-11(17-12)15-8-13(19)18-5-3-4-6-18/h7H,2-6,8-9H2,1H3,(H,15,16,17). The van der Waals surface area contributed by atoms with E-state index in [1.807, 2.05) is 11.8 Å². The molecule has 20 heavy (non-hydrogen) atoms. The zero-order chi connectivity index (χ0) is 14.4. The number of hydrogen-bond acceptors (Lipinski definition) is 5. The molecule has 2 rings (SSSR count). The van der Waals surface area contributed by atoms with Crippen LogP contribution in [-0.4, -0.2) is 47.0 Å². The molecular formula is C13H19ClN4O2. The number of likely N-dealkylation sites (tertiary alicyclic amines) is 1. The molecule has 6 nitrogen and oxygen atoms in total. The monoisotopic (exact) mass is 298 g/mol. The Morgan fingerprint density at radius 2 is 2.20 bits per heavy atom. The van der Waals surface area contributed by atoms with Crippen LogP contribution in [0.25, 0.3) is 0 Å². The summed E-state index contributed by atoms with van der Waals surface area (Å²) in [6.45, 7) is 4.72. The summed E-state index contributed by atoms with van der Waals surface area (Å²) < 4.78 is 5.25. The summed E-state index contributed by atoms with van der Waals surface area (Å²) >= 11 is 5.93. The van der Waals surface area contributed by atoms with Gasteiger partial charge in [0, 0.05) is 25.8 Å². The average Bonchev–Trinajstić information content (AvgIpc) is 2.96. The molecule has 1 amide bonds. The van der Waals surface area contributed by atoms with Gasteiger partial charge in [0.15, 0.2) is 5.82 Å². The van der Waals surface area contributed by atoms with Crippen molar-refractivity contribution < 1.29 is 9.53 Å². The molecule has 1 saturated heterocycles. The molecule has 0 unspecified atom stereocenters. The molecule has 7 heteroatoms. The van der Waals surface area contributed by atoms with Crippen LogP contribution in [0.4, 0.5) is 5.82 Å². The van der Waals surface area contributed by atoms with Gasteiger partial charge in [0.25, 0.3) is 0 Å². The Kier molecular flexibility index (Phi) is 5.55. The lowest BCUT2D eigenvalue weighted by Crippen LogP contribution is -2.33. The lowest BCUT2D eigenvalue weighted by Gasteiger charge is -2.15. The Morgan fingerprint density at radius 3 is 2.90 bits per heavy atom. The second kappa shape index (κ2) is 7.40. The van der Waals surface area contributed by atoms with Crippen molar-refractivity contribution in [1.29, 1.82) is 0 Å². The van der Waals surface area contributed by atoms with E-state index in [0.717, 1.165) is 25.9 Å². The minimum atomic E-state index is 0.0867. The molecular weight excluding hydrogens is 280 g/mol. The van der Waals surface area contributed by atoms with Gasteiger partial charge in [-0.25, -0.2) is 9.97 Å². The van der Waals surface area contributed by atoms with Crippen molar-refractivity contribution >= 4 is 23.3 Å². The van der Waals surface area contributed by atoms with Crippen LogP contribution in [0.2, 0.25) is 5.15 Å². The third-order valence-electron chi connectivity index (χ3n) is 3.06. The number of ether oxygens (including phenoxy) is 1. The Hall–Kier alpha value is -1.40. The molecule has 1 aromatic rings. The van der Waals surface area contributed by atoms with Gasteiger partial charge in [0.05, 0.1) is 6.54 Å². The Morgan fingerprint density at radius 1 is 1.45 bits per heavy atom. The van der Waals surface area contributed by atoms with Crippen molar-refractivity contribution in [3.05, 3.63) is 17.0 Å². The Labute approximate surface area is 123 Å². The molecule has 0 aromatic carbocycles. The molecule has 1 aliphatic rings. The number of hydrogen-bond donors (Lipinski definition) is 1. The van der Waals surface area contributed by atoms with Crippen molar-refractivity contribution in [3.63, 3.8) is 0 Å². The number of nitrogens with one attached hydrogen (secondary N) is 1. The van der Waals surface area contributed by atoms with Crippen LogP contribution in [0.1, 0.15) is 25.6 Å². The number of aromatic nitrogens is 2. The van der Waals surface area contributed by atoms with Crippen LogP contribution in [-0.2, 0) is 16.1 Å². The highest BCUT2D eigenvalue weighted by Crippen LogP contribution is 2.13. The molecule has 1 aromatic heterocycles. The highest BCUT2D eigenvalue weighted by Gasteiger charge is 2.17. The van der Waals surface area contributed by atoms with Crippen LogP contribution in [0.5, 0.6) is 0 Å². The fraction of sp³-hybridized carbons (Fsp3) is 0.615. The maximum Gasteiger partial charge on any atom is 0.241 e. The predicted octanol–water partition coefficient (Wildman–Crippen LogP) is 1.70. The molecule has 0 bridgehead atoms. The van der Waals surface area contributed by atoms with Crippen LogP contribution in [0.15, 0.2) is 6.07 Å². The summed E-state index contributed by atoms with van der Waals surface area (Å²) in [7, 11) is 0. The quantitative estimate of drug-likeness (QED) is 0.810. The molecule has 2 heterocycles. The summed E-state index contributed by atoms with van der Waals surface area (Å²) in [5.41, 5.74) is 0. The smallest absolute Gasteiger partial charge is 0.241 e. The minimum Gasteiger partial charge on any atom is -0.374 e. The normalized spacial score (nSPS) is 14.6. The van der Waals surface area contributed by atoms with E-state index in [1.165, 1.54) is 0 Å². The second-order valence-corrected chi connectivity index (χ2v) is 4.96. The van der Waals surface area contributed by atoms with Crippen LogP contribution < -0.4 is 5.32 Å². The summed E-state index contributed by atoms with van der Waals surface area (Å²) in [4.78, 5) is 22.1. The number of rotatable bonds is 6. The number of carbonyl (C=O) groups excluding carboxylic acids is 1. The Bertz CT molecular complexity index is 464. The summed E-state index contributed by atoms with van der Waals surface area (Å²) in [5.74, 6) is 1.14. The number of anilines is 1. The number of carbonyl (C=O) groups is 1. The molecule has 0 radical (unpaired) electrons. The highest BCUT2D eigenvalue weighted by atomic mass is 35.5. The lowest BCUT2D eigenvalue weighted by molar-refractivity contribution is -0.128. The van der Waals surface area contributed by atoms with Crippen LogP contribution >= 0.6 is 11.6 Å². The fourth-order valence-corrected chi connectivity index (χ4v) is 2.26. The molecule has 1 aliphatic heterocycles. The van der Waals surface area contributed by atoms with Gasteiger partial charge < -0.3 is 15.0 Å². The van der Waals surface area contributed by atoms with E-state index in [9.17, 15) is 4.79 Å². The first-order valence-corrected chi connectivity index (χ1v) is 7.19. The summed E-state index contributed by atoms with van der Waals surface area (Å²) in [6, 6.07) is 1.61. The number of nitrogens with zero attached hydrogens (tertiary/aromatic N) is 3. The van der Waals surface area contributed by atoms with E-state index < -0.39 is 0 Å². The molecule has 1 fully saturated rings. The fourth-order valence-electron chi connectivity index (χ4n) is 2.06. The predicted molar refractivity (Wildman–Crippen MR) is 76.7 cm³/mol. The van der Waals surface area contributed by atoms with Gasteiger partial charge in [-0.2, -0.15) is 0 Å². The van der Waals surface area contributed by atoms with Crippen LogP contribution in [0, 0.1) is 0 Å². The first-order valence-electron chi connectivity index (χ1n) is 6.82. The number of halogens is 1. The van der Waals surface area contributed by atoms with Gasteiger partial charge in [-0.1, -0.05) is 11.6 Å². The maximum atomic E-state index is 11.9. The summed E-state index contributed by atoms with van der Waals surface area (Å²) in [6.07, 6.45) is 2.17. The van der Waals surface area contributed by atoms with Crippen LogP contribution in [0.3, 0.4) is 0 Å². The first-order chi connectivity index (χ1) is 9.69. The van der Waals surface area contributed by atoms with Gasteiger partial charge in [-0.3, -0.25) is 4.79 Å². The third kappa shape index (κ3) is 4.31. The molecule has 0 aliphatic carbocycles. The van der Waals surface area contributed by atoms with Gasteiger partial charge in [-0.15, -0.1) is 0 Å². The van der Waals surface area contributed by atoms with Gasteiger partial charge in [0.2, 0.25) is 5.91 Å².